The van der Waals surface area contributed by atoms with Crippen molar-refractivity contribution in [3.05, 3.63) is 101 Å². The molecule has 14 heterocycles. The van der Waals surface area contributed by atoms with E-state index in [1.54, 1.807) is 30.6 Å². The van der Waals surface area contributed by atoms with Gasteiger partial charge in [-0.2, -0.15) is 15.3 Å². The molecule has 0 aliphatic carbocycles. The van der Waals surface area contributed by atoms with Gasteiger partial charge in [0, 0.05) is 104 Å². The molecule has 36 heteroatoms. The van der Waals surface area contributed by atoms with Crippen molar-refractivity contribution in [3.8, 4) is 11.3 Å². The van der Waals surface area contributed by atoms with E-state index in [4.69, 9.17) is 46.5 Å². The second-order valence-electron chi connectivity index (χ2n) is 32.2. The fourth-order valence-corrected chi connectivity index (χ4v) is 15.8. The first-order valence-corrected chi connectivity index (χ1v) is 40.2. The van der Waals surface area contributed by atoms with E-state index in [0.717, 1.165) is 164 Å². The molecule has 16 rings (SSSR count). The first kappa shape index (κ1) is 83.0. The third-order valence-electron chi connectivity index (χ3n) is 21.8. The molecule has 6 aliphatic heterocycles. The number of ketones is 1. The summed E-state index contributed by atoms with van der Waals surface area (Å²) in [5.74, 6) is 3.93. The number of carbonyl (C=O) groups is 3. The van der Waals surface area contributed by atoms with Gasteiger partial charge in [0.05, 0.1) is 40.0 Å². The van der Waals surface area contributed by atoms with Crippen LogP contribution in [0.2, 0.25) is 0 Å². The number of hydrogen-bond donors (Lipinski definition) is 10. The Labute approximate surface area is 672 Å². The maximum Gasteiger partial charge on any atom is 0.488 e. The van der Waals surface area contributed by atoms with Gasteiger partial charge in [-0.25, -0.2) is 53.5 Å². The summed E-state index contributed by atoms with van der Waals surface area (Å²) in [6.07, 6.45) is 17.6. The predicted molar refractivity (Wildman–Crippen MR) is 448 cm³/mol. The van der Waals surface area contributed by atoms with Crippen molar-refractivity contribution in [1.29, 1.82) is 0 Å². The number of piperidine rings is 6. The lowest BCUT2D eigenvalue weighted by Gasteiger charge is -2.41. The lowest BCUT2D eigenvalue weighted by Crippen LogP contribution is -2.47. The van der Waals surface area contributed by atoms with E-state index in [2.05, 4.69) is 142 Å². The van der Waals surface area contributed by atoms with Gasteiger partial charge in [0.2, 0.25) is 0 Å². The van der Waals surface area contributed by atoms with Crippen LogP contribution in [-0.2, 0) is 15.6 Å². The lowest BCUT2D eigenvalue weighted by molar-refractivity contribution is -0.121. The van der Waals surface area contributed by atoms with Gasteiger partial charge in [0.25, 0.3) is 0 Å². The minimum Gasteiger partial charge on any atom is -0.423 e. The molecule has 6 saturated heterocycles. The number of carbonyl (C=O) groups excluding carboxylic acids is 3. The molecule has 113 heavy (non-hydrogen) atoms. The molecule has 8 aromatic heterocycles. The molecular weight excluding hydrogens is 1550 g/mol. The Morgan fingerprint density at radius 3 is 1.34 bits per heavy atom. The molecule has 0 bridgehead atoms. The van der Waals surface area contributed by atoms with Gasteiger partial charge < -0.3 is 76.7 Å². The number of fused-ring (bicyclic) bond motifs is 3. The largest absolute Gasteiger partial charge is 0.488 e. The number of amides is 4. The zero-order valence-corrected chi connectivity index (χ0v) is 68.6. The molecule has 0 atom stereocenters. The number of benzene rings is 2. The summed E-state index contributed by atoms with van der Waals surface area (Å²) in [6.45, 7) is 27.2. The van der Waals surface area contributed by atoms with Crippen molar-refractivity contribution >= 4 is 127 Å². The molecule has 604 valence electrons. The van der Waals surface area contributed by atoms with Crippen LogP contribution in [0.15, 0.2) is 88.7 Å². The zero-order valence-electron chi connectivity index (χ0n) is 66.5. The van der Waals surface area contributed by atoms with Crippen LogP contribution in [0.25, 0.3) is 44.4 Å². The van der Waals surface area contributed by atoms with Crippen molar-refractivity contribution < 1.29 is 33.5 Å². The van der Waals surface area contributed by atoms with Crippen LogP contribution in [0.3, 0.4) is 0 Å². The summed E-state index contributed by atoms with van der Waals surface area (Å²) < 4.78 is 17.6. The molecule has 0 unspecified atom stereocenters. The molecule has 0 radical (unpaired) electrons. The average molecular weight is 1660 g/mol. The molecule has 2 aromatic carbocycles. The first-order valence-electron chi connectivity index (χ1n) is 39.1. The Hall–Kier alpha value is -9.41. The molecular formula is C77H109BIN27O7. The quantitative estimate of drug-likeness (QED) is 0.0427. The van der Waals surface area contributed by atoms with Crippen LogP contribution in [0.1, 0.15) is 154 Å². The Bertz CT molecular complexity index is 4790. The normalized spacial score (nSPS) is 18.0. The number of hydrogen-bond acceptors (Lipinski definition) is 27. The lowest BCUT2D eigenvalue weighted by atomic mass is 9.80. The number of anilines is 7. The van der Waals surface area contributed by atoms with Crippen molar-refractivity contribution in [3.63, 3.8) is 0 Å². The summed E-state index contributed by atoms with van der Waals surface area (Å²) >= 11 is 2.19. The summed E-state index contributed by atoms with van der Waals surface area (Å²) in [6, 6.07) is 18.7. The maximum absolute atomic E-state index is 12.6. The fourth-order valence-electron chi connectivity index (χ4n) is 15.1. The number of urea groups is 2. The van der Waals surface area contributed by atoms with Crippen LogP contribution in [0.4, 0.5) is 50.1 Å². The van der Waals surface area contributed by atoms with E-state index in [9.17, 15) is 14.4 Å². The first-order chi connectivity index (χ1) is 54.1. The Balaban J connectivity index is 0.000000142. The van der Waals surface area contributed by atoms with Crippen molar-refractivity contribution in [2.75, 3.05) is 138 Å². The summed E-state index contributed by atoms with van der Waals surface area (Å²) in [5.41, 5.74) is 24.4. The van der Waals surface area contributed by atoms with Crippen LogP contribution in [0, 0.1) is 10.6 Å². The Kier molecular flexibility index (Phi) is 27.4. The van der Waals surface area contributed by atoms with E-state index in [-0.39, 0.29) is 16.9 Å². The van der Waals surface area contributed by atoms with Gasteiger partial charge in [0.15, 0.2) is 28.6 Å². The van der Waals surface area contributed by atoms with Gasteiger partial charge in [0.1, 0.15) is 63.1 Å². The minimum atomic E-state index is -1.53. The molecule has 10 aromatic rings. The number of Topliss-reactive ketones (excluding diaryl/α,β-unsaturated/α-hetero) is 1. The van der Waals surface area contributed by atoms with E-state index in [1.165, 1.54) is 76.6 Å². The molecule has 0 spiro atoms. The highest BCUT2D eigenvalue weighted by molar-refractivity contribution is 14.1. The number of rotatable bonds is 11. The van der Waals surface area contributed by atoms with Crippen LogP contribution >= 0.6 is 22.6 Å². The number of nitrogens with one attached hydrogen (secondary N) is 5. The van der Waals surface area contributed by atoms with E-state index in [0.29, 0.717) is 81.4 Å². The summed E-state index contributed by atoms with van der Waals surface area (Å²) in [5, 5.41) is 56.7. The molecule has 34 nitrogen and oxygen atoms in total. The highest BCUT2D eigenvalue weighted by atomic mass is 127. The predicted octanol–water partition coefficient (Wildman–Crippen LogP) is 8.70. The minimum absolute atomic E-state index is 0.190. The average Bonchev–Trinajstić information content (AvgIpc) is 1.64. The van der Waals surface area contributed by atoms with E-state index in [1.807, 2.05) is 84.5 Å². The number of likely N-dealkylation sites (tertiary alicyclic amines) is 5. The molecule has 6 aliphatic rings. The Morgan fingerprint density at radius 2 is 0.894 bits per heavy atom. The third kappa shape index (κ3) is 21.3. The van der Waals surface area contributed by atoms with Gasteiger partial charge in [-0.15, -0.1) is 0 Å². The zero-order chi connectivity index (χ0) is 80.3. The fraction of sp³-hybridized carbons (Fsp3) is 0.532. The number of aryl methyl sites for hydroxylation is 1. The number of nitrogens with two attached hydrogens (primary N) is 3. The Morgan fingerprint density at radius 1 is 0.504 bits per heavy atom. The molecule has 6 fully saturated rings. The van der Waals surface area contributed by atoms with Crippen LogP contribution < -0.4 is 49.2 Å². The van der Waals surface area contributed by atoms with Gasteiger partial charge >= 0.3 is 19.2 Å². The smallest absolute Gasteiger partial charge is 0.423 e. The molecule has 0 saturated carbocycles. The number of halogens is 1. The number of aromatic nitrogens is 14. The van der Waals surface area contributed by atoms with Crippen LogP contribution in [0.5, 0.6) is 0 Å². The topological polar surface area (TPSA) is 429 Å². The third-order valence-corrected chi connectivity index (χ3v) is 22.6. The van der Waals surface area contributed by atoms with E-state index < -0.39 is 19.2 Å². The van der Waals surface area contributed by atoms with Gasteiger partial charge in [-0.05, 0) is 184 Å². The van der Waals surface area contributed by atoms with Gasteiger partial charge in [-0.1, -0.05) is 76.1 Å². The monoisotopic (exact) mass is 1660 g/mol. The highest BCUT2D eigenvalue weighted by Crippen LogP contribution is 2.37. The number of nitrogen functional groups attached to an aromatic ring is 3. The summed E-state index contributed by atoms with van der Waals surface area (Å²) in [4.78, 5) is 73.2. The second kappa shape index (κ2) is 37.3. The second-order valence-corrected chi connectivity index (χ2v) is 33.3. The molecule has 13 N–H and O–H groups in total. The van der Waals surface area contributed by atoms with E-state index >= 15 is 0 Å². The standard InChI is InChI=1S/C30H40N10O2.C17H27N7.C14H18BN3O4.C10H13IN6.C6H11NO/c1-30(2,3)23-17-24(37-42-23)35-29(41)34-20-7-5-19(6-8-20)26-25-27(31)32-18-33-28(25)40(36-26)22-11-15-39(16-12-22)21-9-13-38(4)14-10-21;1-12-15-16(18)19-11-20-17(15)24(21-12)14-5-9-23(10-6-14)13-3-7-22(2)8-4-13;1-14(2,3)11-8-12(18-22-11)17-13(19)16-10-6-4-9(5-7-10)15(20)21;11-8-7-9(12)14-5-15-10(7)17(16-8)6-1-3-13-4-2-6;1-7-4-2-6(8)3-5-7/h5-8,17-18,21-22H,9-16H2,1-4H3,(H2,31,32,33)(H2,34,35,37,41);11,13-14H,3-10H2,1-2H3,(H2,18,19,20);4-8,20-21H,1-3H3,(H2,16,17,18,19);5-6,13H,1-4H2,(H2,12,14,15);2-5H2,1H3. The highest BCUT2D eigenvalue weighted by Gasteiger charge is 2.33. The van der Waals surface area contributed by atoms with Crippen molar-refractivity contribution in [1.82, 2.24) is 99.4 Å². The number of nitrogens with zero attached hydrogens (tertiary/aromatic N) is 19. The van der Waals surface area contributed by atoms with Crippen molar-refractivity contribution in [2.45, 2.75) is 167 Å². The maximum atomic E-state index is 12.6. The van der Waals surface area contributed by atoms with Gasteiger partial charge in [-0.3, -0.25) is 15.4 Å². The summed E-state index contributed by atoms with van der Waals surface area (Å²) in [7, 11) is 4.95. The molecule has 4 amide bonds. The van der Waals surface area contributed by atoms with Crippen LogP contribution in [-0.4, -0.2) is 241 Å². The SMILES string of the molecule is CC(C)(C)c1cc(NC(=O)Nc2ccc(B(O)O)cc2)no1.CN1CCC(=O)CC1.CN1CCC(N2CCC(n3nc(-c4ccc(NC(=O)Nc5cc(C(C)(C)C)on5)cc4)c4c(N)ncnc43)CC2)CC1.Cc1nn(C2CCN(C3CCN(C)CC3)CC2)c2ncnc(N)c12.Nc1ncnc2c1c(I)nn2C1CCNCC1. The van der Waals surface area contributed by atoms with Crippen molar-refractivity contribution in [2.24, 2.45) is 0 Å².